The molecular formula is C15H15NO8. The fourth-order valence-electron chi connectivity index (χ4n) is 2.53. The number of rotatable bonds is 5. The highest BCUT2D eigenvalue weighted by Crippen LogP contribution is 2.33. The SMILES string of the molecule is CC(=O)OC(C)c1c([N+](=O)[O-])c(=O)oc2cc(CO)c(CO)cc12. The molecule has 0 fully saturated rings. The minimum atomic E-state index is -1.19. The topological polar surface area (TPSA) is 140 Å². The van der Waals surface area contributed by atoms with E-state index in [0.29, 0.717) is 11.1 Å². The minimum Gasteiger partial charge on any atom is -0.458 e. The van der Waals surface area contributed by atoms with Crippen molar-refractivity contribution in [2.45, 2.75) is 33.2 Å². The van der Waals surface area contributed by atoms with Gasteiger partial charge in [-0.2, -0.15) is 0 Å². The van der Waals surface area contributed by atoms with Gasteiger partial charge in [0, 0.05) is 12.3 Å². The summed E-state index contributed by atoms with van der Waals surface area (Å²) in [6.45, 7) is 1.68. The van der Waals surface area contributed by atoms with Crippen molar-refractivity contribution < 1.29 is 29.1 Å². The first kappa shape index (κ1) is 17.6. The van der Waals surface area contributed by atoms with Crippen LogP contribution in [0.2, 0.25) is 0 Å². The predicted octanol–water partition coefficient (Wildman–Crippen LogP) is 1.31. The Hall–Kier alpha value is -2.78. The highest BCUT2D eigenvalue weighted by atomic mass is 16.6. The molecule has 0 saturated heterocycles. The number of fused-ring (bicyclic) bond motifs is 1. The standard InChI is InChI=1S/C15H15NO8/c1-7(23-8(2)19)13-11-3-9(5-17)10(6-18)4-12(11)24-15(20)14(13)16(21)22/h3-4,7,17-18H,5-6H2,1-2H3. The van der Waals surface area contributed by atoms with E-state index >= 15 is 0 Å². The van der Waals surface area contributed by atoms with E-state index in [1.807, 2.05) is 0 Å². The maximum absolute atomic E-state index is 12.0. The maximum atomic E-state index is 12.0. The summed E-state index contributed by atoms with van der Waals surface area (Å²) < 4.78 is 9.95. The van der Waals surface area contributed by atoms with Crippen molar-refractivity contribution in [1.82, 2.24) is 0 Å². The normalized spacial score (nSPS) is 12.2. The van der Waals surface area contributed by atoms with Crippen LogP contribution in [-0.2, 0) is 22.7 Å². The van der Waals surface area contributed by atoms with Crippen LogP contribution in [0, 0.1) is 10.1 Å². The number of hydrogen-bond donors (Lipinski definition) is 2. The van der Waals surface area contributed by atoms with E-state index in [0.717, 1.165) is 6.92 Å². The van der Waals surface area contributed by atoms with Gasteiger partial charge < -0.3 is 19.4 Å². The van der Waals surface area contributed by atoms with Gasteiger partial charge in [-0.3, -0.25) is 14.9 Å². The van der Waals surface area contributed by atoms with Gasteiger partial charge >= 0.3 is 17.3 Å². The predicted molar refractivity (Wildman–Crippen MR) is 81.2 cm³/mol. The first-order valence-corrected chi connectivity index (χ1v) is 6.96. The van der Waals surface area contributed by atoms with E-state index in [9.17, 15) is 29.9 Å². The molecule has 9 nitrogen and oxygen atoms in total. The Balaban J connectivity index is 2.91. The summed E-state index contributed by atoms with van der Waals surface area (Å²) in [5.74, 6) is -0.674. The van der Waals surface area contributed by atoms with Crippen LogP contribution in [0.15, 0.2) is 21.3 Å². The Labute approximate surface area is 135 Å². The number of esters is 1. The van der Waals surface area contributed by atoms with E-state index in [1.54, 1.807) is 0 Å². The molecular weight excluding hydrogens is 322 g/mol. The largest absolute Gasteiger partial charge is 0.458 e. The van der Waals surface area contributed by atoms with Crippen LogP contribution in [0.25, 0.3) is 11.0 Å². The molecule has 0 saturated carbocycles. The molecule has 9 heteroatoms. The van der Waals surface area contributed by atoms with Crippen LogP contribution >= 0.6 is 0 Å². The molecule has 128 valence electrons. The van der Waals surface area contributed by atoms with Crippen LogP contribution in [-0.4, -0.2) is 21.1 Å². The molecule has 0 aliphatic carbocycles. The first-order chi connectivity index (χ1) is 11.3. The lowest BCUT2D eigenvalue weighted by atomic mass is 9.99. The summed E-state index contributed by atoms with van der Waals surface area (Å²) in [5, 5.41) is 30.1. The Morgan fingerprint density at radius 3 is 2.42 bits per heavy atom. The molecule has 1 aromatic heterocycles. The van der Waals surface area contributed by atoms with Gasteiger partial charge in [0.25, 0.3) is 0 Å². The molecule has 0 spiro atoms. The molecule has 24 heavy (non-hydrogen) atoms. The van der Waals surface area contributed by atoms with Crippen LogP contribution < -0.4 is 5.63 Å². The molecule has 1 atom stereocenters. The van der Waals surface area contributed by atoms with Crippen molar-refractivity contribution in [1.29, 1.82) is 0 Å². The zero-order valence-corrected chi connectivity index (χ0v) is 12.9. The van der Waals surface area contributed by atoms with Crippen molar-refractivity contribution in [2.24, 2.45) is 0 Å². The molecule has 0 bridgehead atoms. The molecule has 2 N–H and O–H groups in total. The number of carbonyl (C=O) groups excluding carboxylic acids is 1. The number of benzene rings is 1. The third kappa shape index (κ3) is 3.12. The van der Waals surface area contributed by atoms with Crippen LogP contribution in [0.1, 0.15) is 36.6 Å². The number of carbonyl (C=O) groups is 1. The summed E-state index contributed by atoms with van der Waals surface area (Å²) >= 11 is 0. The smallest absolute Gasteiger partial charge is 0.415 e. The first-order valence-electron chi connectivity index (χ1n) is 6.96. The molecule has 1 unspecified atom stereocenters. The van der Waals surface area contributed by atoms with Gasteiger partial charge in [0.15, 0.2) is 0 Å². The third-order valence-electron chi connectivity index (χ3n) is 3.52. The van der Waals surface area contributed by atoms with Crippen LogP contribution in [0.4, 0.5) is 5.69 Å². The van der Waals surface area contributed by atoms with Gasteiger partial charge in [0.05, 0.1) is 23.7 Å². The van der Waals surface area contributed by atoms with Gasteiger partial charge in [0.1, 0.15) is 11.7 Å². The summed E-state index contributed by atoms with van der Waals surface area (Å²) in [6, 6.07) is 2.68. The monoisotopic (exact) mass is 337 g/mol. The van der Waals surface area contributed by atoms with Gasteiger partial charge in [-0.1, -0.05) is 0 Å². The van der Waals surface area contributed by atoms with Gasteiger partial charge in [-0.05, 0) is 30.2 Å². The Kier molecular flexibility index (Phi) is 4.96. The number of aliphatic hydroxyl groups excluding tert-OH is 2. The lowest BCUT2D eigenvalue weighted by Gasteiger charge is -2.15. The van der Waals surface area contributed by atoms with E-state index < -0.39 is 41.5 Å². The molecule has 2 rings (SSSR count). The molecule has 0 aliphatic rings. The second kappa shape index (κ2) is 6.77. The average molecular weight is 337 g/mol. The summed E-state index contributed by atoms with van der Waals surface area (Å²) in [6.07, 6.45) is -1.08. The highest BCUT2D eigenvalue weighted by molar-refractivity contribution is 5.85. The van der Waals surface area contributed by atoms with Crippen molar-refractivity contribution >= 4 is 22.6 Å². The molecule has 1 heterocycles. The molecule has 0 amide bonds. The molecule has 2 aromatic rings. The number of ether oxygens (including phenoxy) is 1. The van der Waals surface area contributed by atoms with Gasteiger partial charge in [0.2, 0.25) is 0 Å². The number of nitro groups is 1. The Morgan fingerprint density at radius 1 is 1.33 bits per heavy atom. The summed E-state index contributed by atoms with van der Waals surface area (Å²) in [7, 11) is 0. The lowest BCUT2D eigenvalue weighted by Crippen LogP contribution is -2.15. The number of nitrogens with zero attached hydrogens (tertiary/aromatic N) is 1. The minimum absolute atomic E-state index is 0.0131. The van der Waals surface area contributed by atoms with Crippen molar-refractivity contribution in [2.75, 3.05) is 0 Å². The van der Waals surface area contributed by atoms with E-state index in [2.05, 4.69) is 0 Å². The summed E-state index contributed by atoms with van der Waals surface area (Å²) in [4.78, 5) is 33.5. The molecule has 0 radical (unpaired) electrons. The fourth-order valence-corrected chi connectivity index (χ4v) is 2.53. The van der Waals surface area contributed by atoms with E-state index in [-0.39, 0.29) is 16.5 Å². The molecule has 0 aliphatic heterocycles. The van der Waals surface area contributed by atoms with Gasteiger partial charge in [-0.25, -0.2) is 4.79 Å². The fraction of sp³-hybridized carbons (Fsp3) is 0.333. The maximum Gasteiger partial charge on any atom is 0.415 e. The zero-order chi connectivity index (χ0) is 18.0. The van der Waals surface area contributed by atoms with E-state index in [4.69, 9.17) is 9.15 Å². The lowest BCUT2D eigenvalue weighted by molar-refractivity contribution is -0.388. The number of hydrogen-bond acceptors (Lipinski definition) is 8. The average Bonchev–Trinajstić information content (AvgIpc) is 2.51. The van der Waals surface area contributed by atoms with Crippen molar-refractivity contribution in [3.8, 4) is 0 Å². The summed E-state index contributed by atoms with van der Waals surface area (Å²) in [5.41, 5.74) is -1.54. The van der Waals surface area contributed by atoms with Crippen molar-refractivity contribution in [3.63, 3.8) is 0 Å². The Bertz CT molecular complexity index is 870. The van der Waals surface area contributed by atoms with E-state index in [1.165, 1.54) is 19.1 Å². The second-order valence-electron chi connectivity index (χ2n) is 5.09. The Morgan fingerprint density at radius 2 is 1.92 bits per heavy atom. The van der Waals surface area contributed by atoms with Crippen molar-refractivity contribution in [3.05, 3.63) is 49.4 Å². The van der Waals surface area contributed by atoms with Crippen LogP contribution in [0.5, 0.6) is 0 Å². The number of aliphatic hydroxyl groups is 2. The highest BCUT2D eigenvalue weighted by Gasteiger charge is 2.30. The quantitative estimate of drug-likeness (QED) is 0.360. The zero-order valence-electron chi connectivity index (χ0n) is 12.9. The second-order valence-corrected chi connectivity index (χ2v) is 5.09. The third-order valence-corrected chi connectivity index (χ3v) is 3.52. The van der Waals surface area contributed by atoms with Crippen LogP contribution in [0.3, 0.4) is 0 Å². The molecule has 1 aromatic carbocycles. The van der Waals surface area contributed by atoms with Gasteiger partial charge in [-0.15, -0.1) is 0 Å².